The molecule has 1 saturated heterocycles. The third kappa shape index (κ3) is 3.38. The maximum Gasteiger partial charge on any atom is 0.244 e. The van der Waals surface area contributed by atoms with Crippen LogP contribution >= 0.6 is 0 Å². The average Bonchev–Trinajstić information content (AvgIpc) is 2.77. The van der Waals surface area contributed by atoms with Crippen LogP contribution in [0.2, 0.25) is 0 Å². The SMILES string of the molecule is COCCc1ccccc1N1CCC(NC(C)C)C1=O. The van der Waals surface area contributed by atoms with Crippen molar-refractivity contribution in [3.63, 3.8) is 0 Å². The lowest BCUT2D eigenvalue weighted by molar-refractivity contribution is -0.118. The minimum atomic E-state index is -0.0505. The standard InChI is InChI=1S/C16H24N2O2/c1-12(2)17-14-8-10-18(16(14)19)15-7-5-4-6-13(15)9-11-20-3/h4-7,12,14,17H,8-11H2,1-3H3. The van der Waals surface area contributed by atoms with E-state index in [0.29, 0.717) is 12.6 Å². The van der Waals surface area contributed by atoms with Crippen molar-refractivity contribution in [1.29, 1.82) is 0 Å². The fourth-order valence-corrected chi connectivity index (χ4v) is 2.67. The summed E-state index contributed by atoms with van der Waals surface area (Å²) >= 11 is 0. The van der Waals surface area contributed by atoms with Crippen LogP contribution in [0.4, 0.5) is 5.69 Å². The second kappa shape index (κ2) is 6.86. The summed E-state index contributed by atoms with van der Waals surface area (Å²) in [5, 5.41) is 3.34. The van der Waals surface area contributed by atoms with Gasteiger partial charge in [0.05, 0.1) is 12.6 Å². The second-order valence-electron chi connectivity index (χ2n) is 5.52. The number of nitrogens with one attached hydrogen (secondary N) is 1. The zero-order valence-electron chi connectivity index (χ0n) is 12.6. The molecule has 1 aromatic rings. The van der Waals surface area contributed by atoms with Gasteiger partial charge in [-0.1, -0.05) is 32.0 Å². The Bertz CT molecular complexity index is 460. The van der Waals surface area contributed by atoms with Crippen molar-refractivity contribution >= 4 is 11.6 Å². The van der Waals surface area contributed by atoms with Gasteiger partial charge in [-0.15, -0.1) is 0 Å². The Morgan fingerprint density at radius 1 is 1.40 bits per heavy atom. The quantitative estimate of drug-likeness (QED) is 0.864. The molecule has 1 heterocycles. The summed E-state index contributed by atoms with van der Waals surface area (Å²) in [6, 6.07) is 8.38. The zero-order valence-corrected chi connectivity index (χ0v) is 12.6. The highest BCUT2D eigenvalue weighted by Gasteiger charge is 2.33. The van der Waals surface area contributed by atoms with Crippen molar-refractivity contribution in [1.82, 2.24) is 5.32 Å². The highest BCUT2D eigenvalue weighted by Crippen LogP contribution is 2.26. The van der Waals surface area contributed by atoms with Gasteiger partial charge in [-0.3, -0.25) is 4.79 Å². The third-order valence-electron chi connectivity index (χ3n) is 3.60. The largest absolute Gasteiger partial charge is 0.384 e. The van der Waals surface area contributed by atoms with Gasteiger partial charge in [0.25, 0.3) is 0 Å². The summed E-state index contributed by atoms with van der Waals surface area (Å²) in [6.45, 7) is 5.60. The molecule has 0 radical (unpaired) electrons. The molecule has 1 atom stereocenters. The fourth-order valence-electron chi connectivity index (χ4n) is 2.67. The highest BCUT2D eigenvalue weighted by molar-refractivity contribution is 6.00. The molecule has 1 aliphatic rings. The molecule has 1 fully saturated rings. The van der Waals surface area contributed by atoms with Crippen LogP contribution in [0.15, 0.2) is 24.3 Å². The topological polar surface area (TPSA) is 41.6 Å². The number of hydrogen-bond acceptors (Lipinski definition) is 3. The Labute approximate surface area is 121 Å². The summed E-state index contributed by atoms with van der Waals surface area (Å²) in [5.41, 5.74) is 2.20. The first-order valence-electron chi connectivity index (χ1n) is 7.27. The van der Waals surface area contributed by atoms with Gasteiger partial charge in [0, 0.05) is 25.4 Å². The lowest BCUT2D eigenvalue weighted by Crippen LogP contribution is -2.41. The number of ether oxygens (including phenoxy) is 1. The Hall–Kier alpha value is -1.39. The monoisotopic (exact) mass is 276 g/mol. The highest BCUT2D eigenvalue weighted by atomic mass is 16.5. The van der Waals surface area contributed by atoms with E-state index in [4.69, 9.17) is 4.74 Å². The molecule has 2 rings (SSSR count). The first-order chi connectivity index (χ1) is 9.63. The summed E-state index contributed by atoms with van der Waals surface area (Å²) in [6.07, 6.45) is 1.70. The number of hydrogen-bond donors (Lipinski definition) is 1. The molecular formula is C16H24N2O2. The van der Waals surface area contributed by atoms with E-state index in [1.165, 1.54) is 5.56 Å². The number of anilines is 1. The number of carbonyl (C=O) groups excluding carboxylic acids is 1. The molecule has 0 bridgehead atoms. The predicted octanol–water partition coefficient (Wildman–Crippen LogP) is 1.98. The summed E-state index contributed by atoms with van der Waals surface area (Å²) < 4.78 is 5.15. The smallest absolute Gasteiger partial charge is 0.244 e. The van der Waals surface area contributed by atoms with Crippen LogP contribution in [0, 0.1) is 0 Å². The Morgan fingerprint density at radius 2 is 2.15 bits per heavy atom. The number of carbonyl (C=O) groups is 1. The van der Waals surface area contributed by atoms with E-state index < -0.39 is 0 Å². The summed E-state index contributed by atoms with van der Waals surface area (Å²) in [7, 11) is 1.70. The van der Waals surface area contributed by atoms with Crippen LogP contribution in [0.5, 0.6) is 0 Å². The van der Waals surface area contributed by atoms with Crippen LogP contribution in [0.1, 0.15) is 25.8 Å². The third-order valence-corrected chi connectivity index (χ3v) is 3.60. The fraction of sp³-hybridized carbons (Fsp3) is 0.562. The van der Waals surface area contributed by atoms with E-state index in [-0.39, 0.29) is 11.9 Å². The maximum absolute atomic E-state index is 12.5. The normalized spacial score (nSPS) is 19.1. The molecule has 1 aliphatic heterocycles. The van der Waals surface area contributed by atoms with Crippen molar-refractivity contribution in [2.24, 2.45) is 0 Å². The first-order valence-corrected chi connectivity index (χ1v) is 7.27. The lowest BCUT2D eigenvalue weighted by Gasteiger charge is -2.21. The van der Waals surface area contributed by atoms with Crippen LogP contribution in [-0.2, 0) is 16.0 Å². The first kappa shape index (κ1) is 15.0. The molecule has 0 aromatic heterocycles. The molecule has 1 amide bonds. The van der Waals surface area contributed by atoms with E-state index in [1.54, 1.807) is 7.11 Å². The Kier molecular flexibility index (Phi) is 5.15. The summed E-state index contributed by atoms with van der Waals surface area (Å²) in [5.74, 6) is 0.184. The Morgan fingerprint density at radius 3 is 2.85 bits per heavy atom. The van der Waals surface area contributed by atoms with Gasteiger partial charge in [0.15, 0.2) is 0 Å². The number of methoxy groups -OCH3 is 1. The van der Waals surface area contributed by atoms with Gasteiger partial charge in [0.1, 0.15) is 0 Å². The molecule has 0 spiro atoms. The molecule has 110 valence electrons. The molecule has 4 heteroatoms. The van der Waals surface area contributed by atoms with E-state index >= 15 is 0 Å². The van der Waals surface area contributed by atoms with Gasteiger partial charge in [0.2, 0.25) is 5.91 Å². The predicted molar refractivity (Wildman–Crippen MR) is 81.1 cm³/mol. The molecule has 1 N–H and O–H groups in total. The Balaban J connectivity index is 2.14. The van der Waals surface area contributed by atoms with Crippen LogP contribution in [-0.4, -0.2) is 38.3 Å². The van der Waals surface area contributed by atoms with Gasteiger partial charge in [-0.2, -0.15) is 0 Å². The van der Waals surface area contributed by atoms with Crippen LogP contribution < -0.4 is 10.2 Å². The van der Waals surface area contributed by atoms with Crippen molar-refractivity contribution in [3.8, 4) is 0 Å². The van der Waals surface area contributed by atoms with Crippen molar-refractivity contribution in [2.45, 2.75) is 38.8 Å². The van der Waals surface area contributed by atoms with Gasteiger partial charge < -0.3 is 15.0 Å². The van der Waals surface area contributed by atoms with Crippen LogP contribution in [0.3, 0.4) is 0 Å². The van der Waals surface area contributed by atoms with Crippen molar-refractivity contribution in [2.75, 3.05) is 25.2 Å². The maximum atomic E-state index is 12.5. The average molecular weight is 276 g/mol. The number of rotatable bonds is 6. The minimum Gasteiger partial charge on any atom is -0.384 e. The molecule has 0 aliphatic carbocycles. The summed E-state index contributed by atoms with van der Waals surface area (Å²) in [4.78, 5) is 14.4. The van der Waals surface area contributed by atoms with E-state index in [9.17, 15) is 4.79 Å². The molecular weight excluding hydrogens is 252 g/mol. The molecule has 1 aromatic carbocycles. The zero-order chi connectivity index (χ0) is 14.5. The van der Waals surface area contributed by atoms with Gasteiger partial charge in [-0.25, -0.2) is 0 Å². The number of benzene rings is 1. The van der Waals surface area contributed by atoms with E-state index in [2.05, 4.69) is 25.2 Å². The number of amides is 1. The molecule has 20 heavy (non-hydrogen) atoms. The lowest BCUT2D eigenvalue weighted by atomic mass is 10.1. The van der Waals surface area contributed by atoms with Crippen LogP contribution in [0.25, 0.3) is 0 Å². The second-order valence-corrected chi connectivity index (χ2v) is 5.52. The van der Waals surface area contributed by atoms with E-state index in [1.807, 2.05) is 23.1 Å². The van der Waals surface area contributed by atoms with Crippen molar-refractivity contribution < 1.29 is 9.53 Å². The molecule has 4 nitrogen and oxygen atoms in total. The number of nitrogens with zero attached hydrogens (tertiary/aromatic N) is 1. The molecule has 0 saturated carbocycles. The minimum absolute atomic E-state index is 0.0505. The van der Waals surface area contributed by atoms with E-state index in [0.717, 1.165) is 25.1 Å². The van der Waals surface area contributed by atoms with Gasteiger partial charge >= 0.3 is 0 Å². The van der Waals surface area contributed by atoms with Crippen molar-refractivity contribution in [3.05, 3.63) is 29.8 Å². The number of para-hydroxylation sites is 1. The van der Waals surface area contributed by atoms with Gasteiger partial charge in [-0.05, 0) is 24.5 Å². The molecule has 1 unspecified atom stereocenters.